The lowest BCUT2D eigenvalue weighted by Gasteiger charge is -2.24. The van der Waals surface area contributed by atoms with Crippen LogP contribution < -0.4 is 5.73 Å². The Kier molecular flexibility index (Phi) is 3.12. The number of hydrogen-bond donors (Lipinski definition) is 1. The molecule has 2 heterocycles. The van der Waals surface area contributed by atoms with Crippen molar-refractivity contribution < 1.29 is 0 Å². The molecule has 0 saturated carbocycles. The Morgan fingerprint density at radius 1 is 1.53 bits per heavy atom. The van der Waals surface area contributed by atoms with Crippen LogP contribution in [0.25, 0.3) is 0 Å². The van der Waals surface area contributed by atoms with E-state index in [0.717, 1.165) is 19.5 Å². The van der Waals surface area contributed by atoms with Crippen molar-refractivity contribution in [2.24, 2.45) is 5.73 Å². The summed E-state index contributed by atoms with van der Waals surface area (Å²) >= 11 is 0. The first-order valence-electron chi connectivity index (χ1n) is 5.85. The van der Waals surface area contributed by atoms with Crippen molar-refractivity contribution in [1.29, 1.82) is 0 Å². The van der Waals surface area contributed by atoms with Gasteiger partial charge in [0.05, 0.1) is 6.04 Å². The monoisotopic (exact) mass is 207 g/mol. The van der Waals surface area contributed by atoms with Gasteiger partial charge in [-0.25, -0.2) is 0 Å². The molecular formula is C12H21N3. The summed E-state index contributed by atoms with van der Waals surface area (Å²) in [7, 11) is 2.17. The van der Waals surface area contributed by atoms with E-state index < -0.39 is 0 Å². The standard InChI is InChI=1S/C12H21N3/c1-3-7-15-8-4-5-11(15)12-10(13)6-9-14(12)2/h4-5,8,10,12H,3,6-7,9,13H2,1-2H3. The fourth-order valence-electron chi connectivity index (χ4n) is 2.56. The van der Waals surface area contributed by atoms with E-state index in [0.29, 0.717) is 12.1 Å². The second-order valence-corrected chi connectivity index (χ2v) is 4.50. The van der Waals surface area contributed by atoms with Crippen molar-refractivity contribution in [3.05, 3.63) is 24.0 Å². The summed E-state index contributed by atoms with van der Waals surface area (Å²) in [5.41, 5.74) is 7.55. The molecule has 2 atom stereocenters. The maximum absolute atomic E-state index is 6.17. The van der Waals surface area contributed by atoms with Crippen LogP contribution in [0.15, 0.2) is 18.3 Å². The third-order valence-electron chi connectivity index (χ3n) is 3.33. The Balaban J connectivity index is 2.23. The molecule has 1 aliphatic heterocycles. The van der Waals surface area contributed by atoms with Gasteiger partial charge in [-0.1, -0.05) is 6.92 Å². The maximum atomic E-state index is 6.17. The molecule has 0 aromatic carbocycles. The Bertz CT molecular complexity index is 308. The van der Waals surface area contributed by atoms with E-state index in [1.54, 1.807) is 0 Å². The maximum Gasteiger partial charge on any atom is 0.0651 e. The molecule has 0 radical (unpaired) electrons. The molecule has 3 nitrogen and oxygen atoms in total. The van der Waals surface area contributed by atoms with Crippen LogP contribution in [0.1, 0.15) is 31.5 Å². The fourth-order valence-corrected chi connectivity index (χ4v) is 2.56. The SMILES string of the molecule is CCCn1cccc1C1C(N)CCN1C. The minimum Gasteiger partial charge on any atom is -0.350 e. The minimum absolute atomic E-state index is 0.292. The lowest BCUT2D eigenvalue weighted by Crippen LogP contribution is -2.31. The predicted molar refractivity (Wildman–Crippen MR) is 62.7 cm³/mol. The molecule has 84 valence electrons. The lowest BCUT2D eigenvalue weighted by molar-refractivity contribution is 0.290. The van der Waals surface area contributed by atoms with Gasteiger partial charge >= 0.3 is 0 Å². The molecule has 1 aromatic heterocycles. The summed E-state index contributed by atoms with van der Waals surface area (Å²) in [5, 5.41) is 0. The third-order valence-corrected chi connectivity index (χ3v) is 3.33. The zero-order valence-electron chi connectivity index (χ0n) is 9.69. The summed E-state index contributed by atoms with van der Waals surface area (Å²) in [6.07, 6.45) is 4.45. The van der Waals surface area contributed by atoms with E-state index in [2.05, 4.69) is 41.8 Å². The van der Waals surface area contributed by atoms with Crippen LogP contribution in [0, 0.1) is 0 Å². The van der Waals surface area contributed by atoms with Gasteiger partial charge in [-0.05, 0) is 32.0 Å². The first-order chi connectivity index (χ1) is 7.24. The average molecular weight is 207 g/mol. The number of likely N-dealkylation sites (tertiary alicyclic amines) is 1. The molecule has 0 bridgehead atoms. The summed E-state index contributed by atoms with van der Waals surface area (Å²) < 4.78 is 2.34. The Morgan fingerprint density at radius 3 is 2.93 bits per heavy atom. The first-order valence-corrected chi connectivity index (χ1v) is 5.85. The number of aryl methyl sites for hydroxylation is 1. The molecule has 0 spiro atoms. The lowest BCUT2D eigenvalue weighted by atomic mass is 10.1. The van der Waals surface area contributed by atoms with Crippen LogP contribution >= 0.6 is 0 Å². The van der Waals surface area contributed by atoms with Gasteiger partial charge in [0.15, 0.2) is 0 Å². The molecule has 2 rings (SSSR count). The van der Waals surface area contributed by atoms with Crippen molar-refractivity contribution in [3.63, 3.8) is 0 Å². The van der Waals surface area contributed by atoms with E-state index in [1.165, 1.54) is 12.1 Å². The predicted octanol–water partition coefficient (Wildman–Crippen LogP) is 1.60. The summed E-state index contributed by atoms with van der Waals surface area (Å²) in [6.45, 7) is 4.42. The summed E-state index contributed by atoms with van der Waals surface area (Å²) in [6, 6.07) is 5.04. The van der Waals surface area contributed by atoms with Crippen molar-refractivity contribution >= 4 is 0 Å². The zero-order chi connectivity index (χ0) is 10.8. The van der Waals surface area contributed by atoms with Gasteiger partial charge in [0.25, 0.3) is 0 Å². The van der Waals surface area contributed by atoms with Crippen LogP contribution in [0.4, 0.5) is 0 Å². The van der Waals surface area contributed by atoms with Crippen LogP contribution in [0.2, 0.25) is 0 Å². The molecule has 3 heteroatoms. The molecule has 0 amide bonds. The van der Waals surface area contributed by atoms with E-state index >= 15 is 0 Å². The van der Waals surface area contributed by atoms with Crippen LogP contribution in [0.3, 0.4) is 0 Å². The fraction of sp³-hybridized carbons (Fsp3) is 0.667. The Hall–Kier alpha value is -0.800. The van der Waals surface area contributed by atoms with E-state index in [9.17, 15) is 0 Å². The van der Waals surface area contributed by atoms with Gasteiger partial charge in [0.1, 0.15) is 0 Å². The van der Waals surface area contributed by atoms with Crippen LogP contribution in [0.5, 0.6) is 0 Å². The van der Waals surface area contributed by atoms with Crippen molar-refractivity contribution in [3.8, 4) is 0 Å². The highest BCUT2D eigenvalue weighted by Crippen LogP contribution is 2.29. The molecular weight excluding hydrogens is 186 g/mol. The van der Waals surface area contributed by atoms with Crippen molar-refractivity contribution in [2.75, 3.05) is 13.6 Å². The number of rotatable bonds is 3. The van der Waals surface area contributed by atoms with E-state index in [4.69, 9.17) is 5.73 Å². The van der Waals surface area contributed by atoms with Gasteiger partial charge in [0.2, 0.25) is 0 Å². The second-order valence-electron chi connectivity index (χ2n) is 4.50. The van der Waals surface area contributed by atoms with Gasteiger partial charge in [0, 0.05) is 31.0 Å². The molecule has 1 aliphatic rings. The third kappa shape index (κ3) is 1.94. The van der Waals surface area contributed by atoms with E-state index in [-0.39, 0.29) is 0 Å². The van der Waals surface area contributed by atoms with Gasteiger partial charge in [-0.2, -0.15) is 0 Å². The van der Waals surface area contributed by atoms with Crippen LogP contribution in [-0.4, -0.2) is 29.1 Å². The summed E-state index contributed by atoms with van der Waals surface area (Å²) in [5.74, 6) is 0. The number of aromatic nitrogens is 1. The second kappa shape index (κ2) is 4.37. The molecule has 2 N–H and O–H groups in total. The number of nitrogens with two attached hydrogens (primary N) is 1. The largest absolute Gasteiger partial charge is 0.350 e. The number of hydrogen-bond acceptors (Lipinski definition) is 2. The number of likely N-dealkylation sites (N-methyl/N-ethyl adjacent to an activating group) is 1. The normalized spacial score (nSPS) is 27.4. The number of nitrogens with zero attached hydrogens (tertiary/aromatic N) is 2. The first kappa shape index (κ1) is 10.7. The molecule has 1 aromatic rings. The van der Waals surface area contributed by atoms with Crippen molar-refractivity contribution in [1.82, 2.24) is 9.47 Å². The Morgan fingerprint density at radius 2 is 2.33 bits per heavy atom. The topological polar surface area (TPSA) is 34.2 Å². The van der Waals surface area contributed by atoms with Gasteiger partial charge < -0.3 is 10.3 Å². The smallest absolute Gasteiger partial charge is 0.0651 e. The van der Waals surface area contributed by atoms with Gasteiger partial charge in [-0.3, -0.25) is 4.90 Å². The van der Waals surface area contributed by atoms with Gasteiger partial charge in [-0.15, -0.1) is 0 Å². The van der Waals surface area contributed by atoms with E-state index in [1.807, 2.05) is 0 Å². The molecule has 1 saturated heterocycles. The van der Waals surface area contributed by atoms with Crippen LogP contribution in [-0.2, 0) is 6.54 Å². The summed E-state index contributed by atoms with van der Waals surface area (Å²) in [4.78, 5) is 2.37. The molecule has 0 aliphatic carbocycles. The highest BCUT2D eigenvalue weighted by molar-refractivity contribution is 5.16. The Labute approximate surface area is 91.9 Å². The average Bonchev–Trinajstić information content (AvgIpc) is 2.75. The zero-order valence-corrected chi connectivity index (χ0v) is 9.69. The molecule has 15 heavy (non-hydrogen) atoms. The minimum atomic E-state index is 0.292. The molecule has 1 fully saturated rings. The highest BCUT2D eigenvalue weighted by Gasteiger charge is 2.31. The molecule has 2 unspecified atom stereocenters. The van der Waals surface area contributed by atoms with Crippen molar-refractivity contribution in [2.45, 2.75) is 38.4 Å². The highest BCUT2D eigenvalue weighted by atomic mass is 15.2. The quantitative estimate of drug-likeness (QED) is 0.817.